The van der Waals surface area contributed by atoms with Crippen molar-refractivity contribution < 1.29 is 0 Å². The SMILES string of the molecule is CCNC(CSC)Cc1ccc(CC)s1. The van der Waals surface area contributed by atoms with Crippen LogP contribution in [0, 0.1) is 0 Å². The number of hydrogen-bond acceptors (Lipinski definition) is 3. The summed E-state index contributed by atoms with van der Waals surface area (Å²) in [6, 6.07) is 5.18. The first kappa shape index (κ1) is 13.1. The van der Waals surface area contributed by atoms with Crippen LogP contribution in [-0.4, -0.2) is 24.6 Å². The van der Waals surface area contributed by atoms with Crippen molar-refractivity contribution in [2.24, 2.45) is 0 Å². The molecule has 0 amide bonds. The molecule has 86 valence electrons. The Morgan fingerprint density at radius 3 is 2.60 bits per heavy atom. The van der Waals surface area contributed by atoms with Crippen molar-refractivity contribution in [3.8, 4) is 0 Å². The van der Waals surface area contributed by atoms with E-state index < -0.39 is 0 Å². The van der Waals surface area contributed by atoms with E-state index in [0.29, 0.717) is 6.04 Å². The van der Waals surface area contributed by atoms with E-state index in [9.17, 15) is 0 Å². The summed E-state index contributed by atoms with van der Waals surface area (Å²) in [5.41, 5.74) is 0. The number of nitrogens with one attached hydrogen (secondary N) is 1. The molecule has 0 saturated carbocycles. The largest absolute Gasteiger partial charge is 0.313 e. The van der Waals surface area contributed by atoms with Gasteiger partial charge >= 0.3 is 0 Å². The highest BCUT2D eigenvalue weighted by Gasteiger charge is 2.08. The third-order valence-electron chi connectivity index (χ3n) is 2.37. The lowest BCUT2D eigenvalue weighted by molar-refractivity contribution is 0.576. The zero-order chi connectivity index (χ0) is 11.1. The fraction of sp³-hybridized carbons (Fsp3) is 0.667. The minimum absolute atomic E-state index is 0.633. The zero-order valence-corrected chi connectivity index (χ0v) is 11.5. The van der Waals surface area contributed by atoms with E-state index in [-0.39, 0.29) is 0 Å². The Balaban J connectivity index is 2.48. The topological polar surface area (TPSA) is 12.0 Å². The summed E-state index contributed by atoms with van der Waals surface area (Å²) < 4.78 is 0. The predicted octanol–water partition coefficient (Wildman–Crippen LogP) is 3.19. The molecule has 1 aromatic heterocycles. The van der Waals surface area contributed by atoms with Crippen LogP contribution < -0.4 is 5.32 Å². The molecule has 1 rings (SSSR count). The number of rotatable bonds is 7. The monoisotopic (exact) mass is 243 g/mol. The van der Waals surface area contributed by atoms with Gasteiger partial charge in [-0.15, -0.1) is 11.3 Å². The number of aryl methyl sites for hydroxylation is 1. The molecule has 0 saturated heterocycles. The molecule has 1 N–H and O–H groups in total. The van der Waals surface area contributed by atoms with Crippen molar-refractivity contribution in [3.63, 3.8) is 0 Å². The highest BCUT2D eigenvalue weighted by molar-refractivity contribution is 7.98. The van der Waals surface area contributed by atoms with Crippen LogP contribution in [0.15, 0.2) is 12.1 Å². The average Bonchev–Trinajstić information content (AvgIpc) is 2.66. The van der Waals surface area contributed by atoms with Gasteiger partial charge in [-0.3, -0.25) is 0 Å². The highest BCUT2D eigenvalue weighted by atomic mass is 32.2. The van der Waals surface area contributed by atoms with Crippen LogP contribution in [0.2, 0.25) is 0 Å². The lowest BCUT2D eigenvalue weighted by atomic mass is 10.2. The van der Waals surface area contributed by atoms with Gasteiger partial charge in [0, 0.05) is 21.5 Å². The molecule has 1 atom stereocenters. The molecule has 0 fully saturated rings. The third-order valence-corrected chi connectivity index (χ3v) is 4.36. The summed E-state index contributed by atoms with van der Waals surface area (Å²) in [5, 5.41) is 3.55. The normalized spacial score (nSPS) is 13.0. The molecular weight excluding hydrogens is 222 g/mol. The second kappa shape index (κ2) is 7.31. The maximum Gasteiger partial charge on any atom is 0.0206 e. The first-order valence-corrected chi connectivity index (χ1v) is 7.81. The van der Waals surface area contributed by atoms with E-state index in [1.807, 2.05) is 23.1 Å². The minimum atomic E-state index is 0.633. The Morgan fingerprint density at radius 2 is 2.07 bits per heavy atom. The summed E-state index contributed by atoms with van der Waals surface area (Å²) in [5.74, 6) is 1.20. The van der Waals surface area contributed by atoms with Crippen molar-refractivity contribution in [3.05, 3.63) is 21.9 Å². The van der Waals surface area contributed by atoms with Gasteiger partial charge in [0.25, 0.3) is 0 Å². The van der Waals surface area contributed by atoms with Gasteiger partial charge in [-0.2, -0.15) is 11.8 Å². The van der Waals surface area contributed by atoms with Gasteiger partial charge in [0.15, 0.2) is 0 Å². The molecule has 0 aliphatic carbocycles. The van der Waals surface area contributed by atoms with Gasteiger partial charge in [-0.05, 0) is 37.8 Å². The Bertz CT molecular complexity index is 264. The smallest absolute Gasteiger partial charge is 0.0206 e. The molecule has 0 radical (unpaired) electrons. The van der Waals surface area contributed by atoms with Crippen LogP contribution in [0.3, 0.4) is 0 Å². The molecule has 3 heteroatoms. The maximum absolute atomic E-state index is 3.55. The highest BCUT2D eigenvalue weighted by Crippen LogP contribution is 2.19. The van der Waals surface area contributed by atoms with Gasteiger partial charge in [0.2, 0.25) is 0 Å². The molecule has 1 nitrogen and oxygen atoms in total. The molecular formula is C12H21NS2. The van der Waals surface area contributed by atoms with Gasteiger partial charge < -0.3 is 5.32 Å². The van der Waals surface area contributed by atoms with E-state index in [1.165, 1.54) is 28.3 Å². The lowest BCUT2D eigenvalue weighted by Gasteiger charge is -2.15. The van der Waals surface area contributed by atoms with Crippen LogP contribution in [0.4, 0.5) is 0 Å². The molecule has 1 aromatic rings. The summed E-state index contributed by atoms with van der Waals surface area (Å²) in [7, 11) is 0. The van der Waals surface area contributed by atoms with Gasteiger partial charge in [-0.1, -0.05) is 13.8 Å². The third kappa shape index (κ3) is 4.58. The van der Waals surface area contributed by atoms with Crippen molar-refractivity contribution in [1.82, 2.24) is 5.32 Å². The van der Waals surface area contributed by atoms with Gasteiger partial charge in [0.05, 0.1) is 0 Å². The Morgan fingerprint density at radius 1 is 1.33 bits per heavy atom. The van der Waals surface area contributed by atoms with Crippen LogP contribution in [0.5, 0.6) is 0 Å². The quantitative estimate of drug-likeness (QED) is 0.789. The van der Waals surface area contributed by atoms with Crippen LogP contribution in [-0.2, 0) is 12.8 Å². The van der Waals surface area contributed by atoms with E-state index in [1.54, 1.807) is 0 Å². The molecule has 15 heavy (non-hydrogen) atoms. The maximum atomic E-state index is 3.55. The average molecular weight is 243 g/mol. The molecule has 0 spiro atoms. The first-order chi connectivity index (χ1) is 7.30. The van der Waals surface area contributed by atoms with E-state index in [0.717, 1.165) is 6.54 Å². The summed E-state index contributed by atoms with van der Waals surface area (Å²) in [4.78, 5) is 3.02. The standard InChI is InChI=1S/C12H21NS2/c1-4-11-6-7-12(15-11)8-10(9-14-3)13-5-2/h6-7,10,13H,4-5,8-9H2,1-3H3. The van der Waals surface area contributed by atoms with Crippen LogP contribution in [0.1, 0.15) is 23.6 Å². The van der Waals surface area contributed by atoms with Gasteiger partial charge in [0.1, 0.15) is 0 Å². The van der Waals surface area contributed by atoms with Crippen molar-refractivity contribution in [2.45, 2.75) is 32.7 Å². The second-order valence-electron chi connectivity index (χ2n) is 3.64. The van der Waals surface area contributed by atoms with E-state index in [2.05, 4.69) is 37.6 Å². The van der Waals surface area contributed by atoms with Crippen molar-refractivity contribution in [1.29, 1.82) is 0 Å². The number of thiophene rings is 1. The van der Waals surface area contributed by atoms with Crippen LogP contribution in [0.25, 0.3) is 0 Å². The summed E-state index contributed by atoms with van der Waals surface area (Å²) in [6.07, 6.45) is 4.52. The molecule has 0 aliphatic heterocycles. The molecule has 0 aromatic carbocycles. The Kier molecular flexibility index (Phi) is 6.37. The van der Waals surface area contributed by atoms with Crippen LogP contribution >= 0.6 is 23.1 Å². The molecule has 0 aliphatic rings. The lowest BCUT2D eigenvalue weighted by Crippen LogP contribution is -2.32. The fourth-order valence-corrected chi connectivity index (χ4v) is 3.32. The molecule has 0 bridgehead atoms. The Hall–Kier alpha value is 0.01000. The first-order valence-electron chi connectivity index (χ1n) is 5.60. The van der Waals surface area contributed by atoms with Crippen molar-refractivity contribution in [2.75, 3.05) is 18.6 Å². The zero-order valence-electron chi connectivity index (χ0n) is 9.88. The molecule has 1 heterocycles. The van der Waals surface area contributed by atoms with Gasteiger partial charge in [-0.25, -0.2) is 0 Å². The number of hydrogen-bond donors (Lipinski definition) is 1. The van der Waals surface area contributed by atoms with Crippen molar-refractivity contribution >= 4 is 23.1 Å². The predicted molar refractivity (Wildman–Crippen MR) is 73.2 cm³/mol. The number of thioether (sulfide) groups is 1. The fourth-order valence-electron chi connectivity index (χ4n) is 1.64. The second-order valence-corrected chi connectivity index (χ2v) is 5.80. The summed E-state index contributed by atoms with van der Waals surface area (Å²) in [6.45, 7) is 5.47. The number of likely N-dealkylation sites (N-methyl/N-ethyl adjacent to an activating group) is 1. The van der Waals surface area contributed by atoms with E-state index >= 15 is 0 Å². The molecule has 1 unspecified atom stereocenters. The van der Waals surface area contributed by atoms with E-state index in [4.69, 9.17) is 0 Å². The minimum Gasteiger partial charge on any atom is -0.313 e. The summed E-state index contributed by atoms with van der Waals surface area (Å²) >= 11 is 3.89. The Labute approximate surface area is 102 Å².